The second-order valence-electron chi connectivity index (χ2n) is 15.3. The molecule has 6 aromatic rings. The van der Waals surface area contributed by atoms with Gasteiger partial charge in [0.1, 0.15) is 24.2 Å². The first-order valence-electron chi connectivity index (χ1n) is 20.6. The number of alkyl carbamates (subject to hydrolysis) is 1. The van der Waals surface area contributed by atoms with E-state index in [1.807, 2.05) is 97.1 Å². The number of nitrogens with one attached hydrogen (secondary N) is 3. The Kier molecular flexibility index (Phi) is 13.9. The number of rotatable bonds is 19. The van der Waals surface area contributed by atoms with Gasteiger partial charge in [0.15, 0.2) is 0 Å². The van der Waals surface area contributed by atoms with Crippen LogP contribution in [-0.2, 0) is 26.3 Å². The van der Waals surface area contributed by atoms with Gasteiger partial charge in [-0.05, 0) is 101 Å². The maximum Gasteiger partial charge on any atom is 0.407 e. The van der Waals surface area contributed by atoms with Gasteiger partial charge >= 0.3 is 12.1 Å². The molecule has 1 aliphatic rings. The largest absolute Gasteiger partial charge is 0.497 e. The van der Waals surface area contributed by atoms with Crippen LogP contribution in [0.25, 0.3) is 11.1 Å². The number of carboxylic acid groups (broad SMARTS) is 1. The van der Waals surface area contributed by atoms with Crippen LogP contribution in [0.15, 0.2) is 158 Å². The average molecular weight is 820 g/mol. The number of ether oxygens (including phenoxy) is 2. The van der Waals surface area contributed by atoms with Crippen LogP contribution in [0, 0.1) is 5.82 Å². The average Bonchev–Trinajstić information content (AvgIpc) is 3.61. The van der Waals surface area contributed by atoms with E-state index in [9.17, 15) is 23.9 Å². The Bertz CT molecular complexity index is 2310. The molecule has 0 spiro atoms. The summed E-state index contributed by atoms with van der Waals surface area (Å²) in [6.07, 6.45) is 0.584. The summed E-state index contributed by atoms with van der Waals surface area (Å²) in [5, 5.41) is 19.5. The summed E-state index contributed by atoms with van der Waals surface area (Å²) < 4.78 is 25.0. The quantitative estimate of drug-likeness (QED) is 0.0475. The standard InChI is InChI=1S/C51H50FN3O6/c1-60-41-29-25-38(26-30-41)51(36-14-4-2-5-15-36,37-16-6-3-7-17-37)53-31-13-12-22-47(49(57)58)55-48(56)33-40(32-35-23-27-39(52)28-24-35)54-50(59)61-34-46-44-20-10-8-18-42(44)43-19-9-11-21-45(43)46/h2-11,14-21,23-30,40,46-47,53H,12-13,22,31-34H2,1H3,(H,54,59)(H,55,56)(H,57,58)/t40-,47-/m0/s1. The lowest BCUT2D eigenvalue weighted by Gasteiger charge is -2.37. The molecular formula is C51H50FN3O6. The van der Waals surface area contributed by atoms with Gasteiger partial charge in [0.25, 0.3) is 0 Å². The highest BCUT2D eigenvalue weighted by Crippen LogP contribution is 2.44. The van der Waals surface area contributed by atoms with E-state index >= 15 is 0 Å². The highest BCUT2D eigenvalue weighted by atomic mass is 19.1. The zero-order valence-electron chi connectivity index (χ0n) is 34.1. The zero-order chi connectivity index (χ0) is 42.6. The third-order valence-electron chi connectivity index (χ3n) is 11.4. The molecule has 7 rings (SSSR count). The molecule has 0 bridgehead atoms. The molecule has 0 unspecified atom stereocenters. The summed E-state index contributed by atoms with van der Waals surface area (Å²) in [4.78, 5) is 39.3. The van der Waals surface area contributed by atoms with Crippen molar-refractivity contribution in [3.05, 3.63) is 197 Å². The lowest BCUT2D eigenvalue weighted by atomic mass is 9.77. The molecule has 4 N–H and O–H groups in total. The third-order valence-corrected chi connectivity index (χ3v) is 11.4. The molecule has 0 heterocycles. The highest BCUT2D eigenvalue weighted by Gasteiger charge is 2.36. The fourth-order valence-electron chi connectivity index (χ4n) is 8.39. The van der Waals surface area contributed by atoms with Crippen LogP contribution in [0.5, 0.6) is 5.75 Å². The monoisotopic (exact) mass is 819 g/mol. The van der Waals surface area contributed by atoms with E-state index < -0.39 is 41.4 Å². The molecule has 312 valence electrons. The number of carbonyl (C=O) groups excluding carboxylic acids is 2. The van der Waals surface area contributed by atoms with Crippen LogP contribution in [0.4, 0.5) is 9.18 Å². The second kappa shape index (κ2) is 20.0. The summed E-state index contributed by atoms with van der Waals surface area (Å²) >= 11 is 0. The number of benzene rings is 6. The maximum atomic E-state index is 13.8. The molecule has 10 heteroatoms. The lowest BCUT2D eigenvalue weighted by Crippen LogP contribution is -2.46. The van der Waals surface area contributed by atoms with Crippen molar-refractivity contribution >= 4 is 18.0 Å². The molecule has 2 amide bonds. The van der Waals surface area contributed by atoms with Gasteiger partial charge in [-0.25, -0.2) is 14.0 Å². The second-order valence-corrected chi connectivity index (χ2v) is 15.3. The minimum absolute atomic E-state index is 0.0865. The van der Waals surface area contributed by atoms with Gasteiger partial charge in [0, 0.05) is 18.4 Å². The predicted octanol–water partition coefficient (Wildman–Crippen LogP) is 9.00. The summed E-state index contributed by atoms with van der Waals surface area (Å²) in [6, 6.07) is 48.3. The molecule has 6 aromatic carbocycles. The van der Waals surface area contributed by atoms with Gasteiger partial charge in [0.2, 0.25) is 5.91 Å². The third kappa shape index (κ3) is 10.2. The zero-order valence-corrected chi connectivity index (χ0v) is 34.1. The van der Waals surface area contributed by atoms with Crippen LogP contribution < -0.4 is 20.7 Å². The fourth-order valence-corrected chi connectivity index (χ4v) is 8.39. The molecular weight excluding hydrogens is 770 g/mol. The topological polar surface area (TPSA) is 126 Å². The van der Waals surface area contributed by atoms with Crippen LogP contribution in [-0.4, -0.2) is 55.4 Å². The fraction of sp³-hybridized carbons (Fsp3) is 0.235. The lowest BCUT2D eigenvalue weighted by molar-refractivity contribution is -0.142. The van der Waals surface area contributed by atoms with E-state index in [2.05, 4.69) is 52.3 Å². The molecule has 2 atom stereocenters. The van der Waals surface area contributed by atoms with Crippen molar-refractivity contribution in [2.75, 3.05) is 20.3 Å². The molecule has 0 saturated heterocycles. The first kappa shape index (κ1) is 42.3. The SMILES string of the molecule is COc1ccc(C(NCCCC[C@H](NC(=O)C[C@H](Cc2ccc(F)cc2)NC(=O)OCC2c3ccccc3-c3ccccc32)C(=O)O)(c2ccccc2)c2ccccc2)cc1. The van der Waals surface area contributed by atoms with Crippen LogP contribution in [0.2, 0.25) is 0 Å². The number of methoxy groups -OCH3 is 1. The van der Waals surface area contributed by atoms with E-state index in [4.69, 9.17) is 9.47 Å². The molecule has 61 heavy (non-hydrogen) atoms. The maximum absolute atomic E-state index is 13.8. The number of aliphatic carboxylic acids is 1. The number of unbranched alkanes of at least 4 members (excludes halogenated alkanes) is 1. The van der Waals surface area contributed by atoms with Gasteiger partial charge < -0.3 is 25.2 Å². The van der Waals surface area contributed by atoms with Crippen molar-refractivity contribution in [1.29, 1.82) is 0 Å². The van der Waals surface area contributed by atoms with Gasteiger partial charge in [-0.15, -0.1) is 0 Å². The Morgan fingerprint density at radius 2 is 1.25 bits per heavy atom. The first-order valence-corrected chi connectivity index (χ1v) is 20.6. The number of hydrogen-bond donors (Lipinski definition) is 4. The Labute approximate surface area is 356 Å². The van der Waals surface area contributed by atoms with Gasteiger partial charge in [-0.1, -0.05) is 133 Å². The van der Waals surface area contributed by atoms with Crippen molar-refractivity contribution in [3.63, 3.8) is 0 Å². The molecule has 1 aliphatic carbocycles. The molecule has 0 aromatic heterocycles. The first-order chi connectivity index (χ1) is 29.7. The summed E-state index contributed by atoms with van der Waals surface area (Å²) in [6.45, 7) is 0.628. The van der Waals surface area contributed by atoms with Crippen molar-refractivity contribution in [2.24, 2.45) is 0 Å². The number of hydrogen-bond acceptors (Lipinski definition) is 6. The highest BCUT2D eigenvalue weighted by molar-refractivity contribution is 5.84. The molecule has 0 fully saturated rings. The van der Waals surface area contributed by atoms with E-state index in [-0.39, 0.29) is 31.8 Å². The van der Waals surface area contributed by atoms with Crippen LogP contribution in [0.1, 0.15) is 65.0 Å². The smallest absolute Gasteiger partial charge is 0.407 e. The van der Waals surface area contributed by atoms with Crippen molar-refractivity contribution in [1.82, 2.24) is 16.0 Å². The van der Waals surface area contributed by atoms with Crippen LogP contribution >= 0.6 is 0 Å². The van der Waals surface area contributed by atoms with Gasteiger partial charge in [0.05, 0.1) is 12.6 Å². The summed E-state index contributed by atoms with van der Waals surface area (Å²) in [5.41, 5.74) is 7.42. The number of carbonyl (C=O) groups is 3. The van der Waals surface area contributed by atoms with Gasteiger partial charge in [-0.3, -0.25) is 10.1 Å². The van der Waals surface area contributed by atoms with Crippen molar-refractivity contribution in [2.45, 2.75) is 55.6 Å². The van der Waals surface area contributed by atoms with Crippen molar-refractivity contribution in [3.8, 4) is 16.9 Å². The minimum Gasteiger partial charge on any atom is -0.497 e. The normalized spacial score (nSPS) is 13.0. The van der Waals surface area contributed by atoms with Crippen molar-refractivity contribution < 1.29 is 33.4 Å². The Morgan fingerprint density at radius 1 is 0.689 bits per heavy atom. The van der Waals surface area contributed by atoms with E-state index in [1.54, 1.807) is 19.2 Å². The number of fused-ring (bicyclic) bond motifs is 3. The summed E-state index contributed by atoms with van der Waals surface area (Å²) in [5.74, 6) is -1.51. The molecule has 9 nitrogen and oxygen atoms in total. The minimum atomic E-state index is -1.15. The van der Waals surface area contributed by atoms with Crippen LogP contribution in [0.3, 0.4) is 0 Å². The number of carboxylic acids is 1. The Hall–Kier alpha value is -6.78. The van der Waals surface area contributed by atoms with E-state index in [1.165, 1.54) is 12.1 Å². The molecule has 0 saturated carbocycles. The van der Waals surface area contributed by atoms with E-state index in [0.717, 1.165) is 44.7 Å². The van der Waals surface area contributed by atoms with Gasteiger partial charge in [-0.2, -0.15) is 0 Å². The number of amides is 2. The number of halogens is 1. The summed E-state index contributed by atoms with van der Waals surface area (Å²) in [7, 11) is 1.64. The molecule has 0 radical (unpaired) electrons. The Morgan fingerprint density at radius 3 is 1.82 bits per heavy atom. The molecule has 0 aliphatic heterocycles. The van der Waals surface area contributed by atoms with E-state index in [0.29, 0.717) is 24.9 Å². The Balaban J connectivity index is 0.984. The predicted molar refractivity (Wildman–Crippen MR) is 234 cm³/mol.